The maximum atomic E-state index is 15.1. The molecule has 2 aromatic rings. The van der Waals surface area contributed by atoms with Crippen LogP contribution in [0.1, 0.15) is 57.1 Å². The Bertz CT molecular complexity index is 1600. The van der Waals surface area contributed by atoms with E-state index in [4.69, 9.17) is 14.5 Å². The molecule has 2 aromatic carbocycles. The zero-order chi connectivity index (χ0) is 30.8. The second-order valence-electron chi connectivity index (χ2n) is 10.7. The molecule has 43 heavy (non-hydrogen) atoms. The van der Waals surface area contributed by atoms with Crippen molar-refractivity contribution in [2.75, 3.05) is 18.1 Å². The van der Waals surface area contributed by atoms with Gasteiger partial charge in [-0.25, -0.2) is 9.59 Å². The highest BCUT2D eigenvalue weighted by molar-refractivity contribution is 9.10. The molecule has 1 fully saturated rings. The van der Waals surface area contributed by atoms with Crippen molar-refractivity contribution >= 4 is 45.2 Å². The molecule has 2 aliphatic carbocycles. The predicted molar refractivity (Wildman–Crippen MR) is 162 cm³/mol. The summed E-state index contributed by atoms with van der Waals surface area (Å²) in [6.07, 6.45) is 4.18. The van der Waals surface area contributed by atoms with Crippen molar-refractivity contribution in [3.8, 4) is 12.1 Å². The topological polar surface area (TPSA) is 133 Å². The van der Waals surface area contributed by atoms with E-state index < -0.39 is 28.7 Å². The number of hydrogen-bond acceptors (Lipinski definition) is 8. The minimum atomic E-state index is -2.36. The highest BCUT2D eigenvalue weighted by Gasteiger charge is 2.76. The van der Waals surface area contributed by atoms with Crippen molar-refractivity contribution in [1.29, 1.82) is 10.5 Å². The molecular weight excluding hydrogens is 612 g/mol. The van der Waals surface area contributed by atoms with Gasteiger partial charge in [-0.1, -0.05) is 71.6 Å². The zero-order valence-corrected chi connectivity index (χ0v) is 25.6. The van der Waals surface area contributed by atoms with Gasteiger partial charge in [0, 0.05) is 10.2 Å². The minimum Gasteiger partial charge on any atom is -0.463 e. The number of amides is 1. The largest absolute Gasteiger partial charge is 0.463 e. The Labute approximate surface area is 258 Å². The van der Waals surface area contributed by atoms with Gasteiger partial charge in [-0.05, 0) is 49.9 Å². The van der Waals surface area contributed by atoms with Crippen LogP contribution in [0.2, 0.25) is 0 Å². The van der Waals surface area contributed by atoms with Crippen LogP contribution >= 0.6 is 15.9 Å². The molecule has 9 nitrogen and oxygen atoms in total. The van der Waals surface area contributed by atoms with Gasteiger partial charge in [-0.3, -0.25) is 9.79 Å². The van der Waals surface area contributed by atoms with E-state index in [9.17, 15) is 20.1 Å². The lowest BCUT2D eigenvalue weighted by Crippen LogP contribution is -2.54. The van der Waals surface area contributed by atoms with Gasteiger partial charge < -0.3 is 14.4 Å². The van der Waals surface area contributed by atoms with Gasteiger partial charge in [0.05, 0.1) is 54.8 Å². The molecule has 1 unspecified atom stereocenters. The third kappa shape index (κ3) is 4.65. The van der Waals surface area contributed by atoms with Gasteiger partial charge in [0.15, 0.2) is 0 Å². The van der Waals surface area contributed by atoms with Crippen molar-refractivity contribution < 1.29 is 23.9 Å². The molecule has 1 saturated carbocycles. The first-order valence-corrected chi connectivity index (χ1v) is 15.3. The maximum absolute atomic E-state index is 15.1. The molecule has 1 amide bonds. The van der Waals surface area contributed by atoms with Crippen LogP contribution in [0.3, 0.4) is 0 Å². The molecular formula is C33H31BrN4O5. The third-order valence-electron chi connectivity index (χ3n) is 8.36. The van der Waals surface area contributed by atoms with E-state index >= 15 is 4.79 Å². The summed E-state index contributed by atoms with van der Waals surface area (Å²) in [5.41, 5.74) is -4.06. The lowest BCUT2D eigenvalue weighted by Gasteiger charge is -2.34. The van der Waals surface area contributed by atoms with Crippen molar-refractivity contribution in [1.82, 2.24) is 0 Å². The highest BCUT2D eigenvalue weighted by Crippen LogP contribution is 2.62. The Hall–Kier alpha value is -4.28. The summed E-state index contributed by atoms with van der Waals surface area (Å²) in [7, 11) is 0. The maximum Gasteiger partial charge on any atom is 0.340 e. The first-order valence-electron chi connectivity index (χ1n) is 14.5. The molecule has 0 N–H and O–H groups in total. The zero-order valence-electron chi connectivity index (χ0n) is 24.1. The number of anilines is 1. The Kier molecular flexibility index (Phi) is 8.52. The van der Waals surface area contributed by atoms with Gasteiger partial charge in [0.2, 0.25) is 11.3 Å². The number of carbonyl (C=O) groups is 3. The normalized spacial score (nSPS) is 21.9. The van der Waals surface area contributed by atoms with Gasteiger partial charge in [0.1, 0.15) is 5.41 Å². The van der Waals surface area contributed by atoms with Crippen molar-refractivity contribution in [2.24, 2.45) is 10.4 Å². The molecule has 1 aliphatic heterocycles. The third-order valence-corrected chi connectivity index (χ3v) is 8.86. The number of rotatable bonds is 7. The number of halogens is 1. The number of fused-ring (bicyclic) bond motifs is 2. The van der Waals surface area contributed by atoms with Gasteiger partial charge in [0.25, 0.3) is 0 Å². The predicted octanol–water partition coefficient (Wildman–Crippen LogP) is 5.48. The number of nitrogens with zero attached hydrogens (tertiary/aromatic N) is 4. The average molecular weight is 644 g/mol. The van der Waals surface area contributed by atoms with Crippen molar-refractivity contribution in [2.45, 2.75) is 64.0 Å². The van der Waals surface area contributed by atoms with Crippen LogP contribution in [0.25, 0.3) is 0 Å². The molecule has 1 heterocycles. The summed E-state index contributed by atoms with van der Waals surface area (Å²) < 4.78 is 11.5. The molecule has 0 aromatic heterocycles. The Morgan fingerprint density at radius 2 is 1.65 bits per heavy atom. The van der Waals surface area contributed by atoms with Crippen LogP contribution in [0.5, 0.6) is 0 Å². The van der Waals surface area contributed by atoms with Crippen LogP contribution < -0.4 is 4.90 Å². The lowest BCUT2D eigenvalue weighted by molar-refractivity contribution is -0.142. The fourth-order valence-corrected chi connectivity index (χ4v) is 6.92. The Balaban J connectivity index is 1.90. The van der Waals surface area contributed by atoms with E-state index in [1.165, 1.54) is 4.90 Å². The quantitative estimate of drug-likeness (QED) is 0.365. The fraction of sp³-hybridized carbons (Fsp3) is 0.394. The Morgan fingerprint density at radius 1 is 1.00 bits per heavy atom. The summed E-state index contributed by atoms with van der Waals surface area (Å²) in [4.78, 5) is 49.3. The first kappa shape index (κ1) is 30.2. The average Bonchev–Trinajstić information content (AvgIpc) is 3.40. The van der Waals surface area contributed by atoms with E-state index in [0.717, 1.165) is 24.8 Å². The number of ether oxygens (including phenoxy) is 2. The van der Waals surface area contributed by atoms with Crippen LogP contribution in [0.15, 0.2) is 69.1 Å². The Morgan fingerprint density at radius 3 is 2.28 bits per heavy atom. The number of nitriles is 2. The van der Waals surface area contributed by atoms with Crippen molar-refractivity contribution in [3.63, 3.8) is 0 Å². The fourth-order valence-electron chi connectivity index (χ4n) is 6.57. The van der Waals surface area contributed by atoms with Crippen LogP contribution in [-0.4, -0.2) is 42.8 Å². The van der Waals surface area contributed by atoms with Crippen molar-refractivity contribution in [3.05, 3.63) is 75.3 Å². The van der Waals surface area contributed by atoms with Crippen LogP contribution in [0, 0.1) is 28.1 Å². The molecule has 0 saturated heterocycles. The van der Waals surface area contributed by atoms with Crippen LogP contribution in [0.4, 0.5) is 5.69 Å². The standard InChI is InChI=1S/C33H31BrN4O5/c1-3-42-29(39)26-27(30(40)43-4-2)33(32(19-35,20-36)28(26)37-23-13-9-6-10-14-23)24-16-15-22(34)17-25(24)38(31(33)41)18-21-11-7-5-8-12-21/h5,7-8,11-12,15-17,23H,3-4,6,9-10,13-14,18H2,1-2H3. The number of carbonyl (C=O) groups excluding carboxylic acids is 3. The monoisotopic (exact) mass is 642 g/mol. The van der Waals surface area contributed by atoms with E-state index in [1.54, 1.807) is 32.0 Å². The molecule has 1 spiro atoms. The molecule has 10 heteroatoms. The summed E-state index contributed by atoms with van der Waals surface area (Å²) >= 11 is 3.49. The molecule has 0 bridgehead atoms. The molecule has 1 atom stereocenters. The highest BCUT2D eigenvalue weighted by atomic mass is 79.9. The smallest absolute Gasteiger partial charge is 0.340 e. The molecule has 220 valence electrons. The number of benzene rings is 2. The van der Waals surface area contributed by atoms with E-state index in [0.29, 0.717) is 23.0 Å². The van der Waals surface area contributed by atoms with E-state index in [2.05, 4.69) is 28.1 Å². The van der Waals surface area contributed by atoms with Gasteiger partial charge >= 0.3 is 11.9 Å². The van der Waals surface area contributed by atoms with E-state index in [1.807, 2.05) is 30.3 Å². The SMILES string of the molecule is CCOC(=O)C1=C(C(=O)OCC)C2(C(=O)N(Cc3ccccc3)c3cc(Br)ccc32)C(C#N)(C#N)C1=NC1CCCCC1. The first-order chi connectivity index (χ1) is 20.8. The second-order valence-corrected chi connectivity index (χ2v) is 11.6. The van der Waals surface area contributed by atoms with E-state index in [-0.39, 0.29) is 48.2 Å². The lowest BCUT2D eigenvalue weighted by atomic mass is 9.60. The summed E-state index contributed by atoms with van der Waals surface area (Å²) in [5, 5.41) is 22.0. The summed E-state index contributed by atoms with van der Waals surface area (Å²) in [6.45, 7) is 3.21. The van der Waals surface area contributed by atoms with Gasteiger partial charge in [-0.2, -0.15) is 10.5 Å². The number of aliphatic imine (C=N–C) groups is 1. The minimum absolute atomic E-state index is 0.0358. The number of esters is 2. The molecule has 3 aliphatic rings. The number of hydrogen-bond donors (Lipinski definition) is 0. The summed E-state index contributed by atoms with van der Waals surface area (Å²) in [6, 6.07) is 18.2. The molecule has 5 rings (SSSR count). The van der Waals surface area contributed by atoms with Crippen LogP contribution in [-0.2, 0) is 35.8 Å². The van der Waals surface area contributed by atoms with Gasteiger partial charge in [-0.15, -0.1) is 0 Å². The summed E-state index contributed by atoms with van der Waals surface area (Å²) in [5.74, 6) is -2.59. The molecule has 0 radical (unpaired) electrons. The second kappa shape index (κ2) is 12.1.